The Hall–Kier alpha value is -0.320. The van der Waals surface area contributed by atoms with Gasteiger partial charge in [-0.2, -0.15) is 8.78 Å². The summed E-state index contributed by atoms with van der Waals surface area (Å²) in [5, 5.41) is 9.31. The SMILES string of the molecule is OC1CC2CC1CC2C(F)(F)C(F)F. The maximum absolute atomic E-state index is 13.0. The number of halogens is 4. The fourth-order valence-corrected chi connectivity index (χ4v) is 2.88. The van der Waals surface area contributed by atoms with Crippen LogP contribution >= 0.6 is 0 Å². The van der Waals surface area contributed by atoms with Crippen LogP contribution in [0.5, 0.6) is 0 Å². The van der Waals surface area contributed by atoms with Gasteiger partial charge in [0.15, 0.2) is 0 Å². The fourth-order valence-electron chi connectivity index (χ4n) is 2.88. The van der Waals surface area contributed by atoms with Crippen molar-refractivity contribution in [1.82, 2.24) is 0 Å². The van der Waals surface area contributed by atoms with E-state index in [1.54, 1.807) is 0 Å². The largest absolute Gasteiger partial charge is 0.393 e. The highest BCUT2D eigenvalue weighted by molar-refractivity contribution is 5.00. The predicted molar refractivity (Wildman–Crippen MR) is 41.3 cm³/mol. The number of fused-ring (bicyclic) bond motifs is 2. The van der Waals surface area contributed by atoms with Crippen LogP contribution in [0.2, 0.25) is 0 Å². The molecule has 5 heteroatoms. The van der Waals surface area contributed by atoms with E-state index in [2.05, 4.69) is 0 Å². The summed E-state index contributed by atoms with van der Waals surface area (Å²) in [6.07, 6.45) is -3.34. The van der Waals surface area contributed by atoms with Gasteiger partial charge >= 0.3 is 12.3 Å². The molecular formula is C9H12F4O. The summed E-state index contributed by atoms with van der Waals surface area (Å²) in [4.78, 5) is 0. The lowest BCUT2D eigenvalue weighted by molar-refractivity contribution is -0.179. The molecule has 2 aliphatic rings. The van der Waals surface area contributed by atoms with Crippen LogP contribution < -0.4 is 0 Å². The van der Waals surface area contributed by atoms with Crippen LogP contribution in [0.25, 0.3) is 0 Å². The summed E-state index contributed by atoms with van der Waals surface area (Å²) in [5.41, 5.74) is 0. The molecule has 2 saturated carbocycles. The maximum Gasteiger partial charge on any atom is 0.310 e. The van der Waals surface area contributed by atoms with E-state index in [4.69, 9.17) is 0 Å². The van der Waals surface area contributed by atoms with Gasteiger partial charge < -0.3 is 5.11 Å². The standard InChI is InChI=1S/C9H12F4O/c10-8(11)9(12,13)6-2-5-1-4(6)3-7(5)14/h4-8,14H,1-3H2. The number of rotatable bonds is 2. The van der Waals surface area contributed by atoms with Crippen molar-refractivity contribution in [2.45, 2.75) is 37.7 Å². The van der Waals surface area contributed by atoms with Crippen LogP contribution in [0.3, 0.4) is 0 Å². The van der Waals surface area contributed by atoms with Gasteiger partial charge in [-0.25, -0.2) is 8.78 Å². The smallest absolute Gasteiger partial charge is 0.310 e. The molecule has 1 nitrogen and oxygen atoms in total. The van der Waals surface area contributed by atoms with E-state index in [1.165, 1.54) is 0 Å². The van der Waals surface area contributed by atoms with Gasteiger partial charge in [-0.3, -0.25) is 0 Å². The van der Waals surface area contributed by atoms with Crippen molar-refractivity contribution >= 4 is 0 Å². The maximum atomic E-state index is 13.0. The summed E-state index contributed by atoms with van der Waals surface area (Å²) in [5.74, 6) is -5.70. The Morgan fingerprint density at radius 3 is 2.07 bits per heavy atom. The molecule has 0 heterocycles. The highest BCUT2D eigenvalue weighted by Crippen LogP contribution is 2.54. The van der Waals surface area contributed by atoms with Gasteiger partial charge in [0.2, 0.25) is 0 Å². The van der Waals surface area contributed by atoms with E-state index in [0.29, 0.717) is 6.42 Å². The topological polar surface area (TPSA) is 20.2 Å². The molecule has 4 unspecified atom stereocenters. The molecular weight excluding hydrogens is 200 g/mol. The molecule has 1 N–H and O–H groups in total. The molecule has 0 amide bonds. The zero-order valence-electron chi connectivity index (χ0n) is 7.47. The van der Waals surface area contributed by atoms with Gasteiger partial charge in [-0.05, 0) is 31.1 Å². The zero-order valence-corrected chi connectivity index (χ0v) is 7.47. The molecule has 82 valence electrons. The minimum absolute atomic E-state index is 0.0448. The third-order valence-electron chi connectivity index (χ3n) is 3.60. The Labute approximate surface area is 79.1 Å². The first-order valence-electron chi connectivity index (χ1n) is 4.77. The van der Waals surface area contributed by atoms with Gasteiger partial charge in [-0.15, -0.1) is 0 Å². The number of aliphatic hydroxyl groups is 1. The molecule has 0 saturated heterocycles. The average molecular weight is 212 g/mol. The van der Waals surface area contributed by atoms with E-state index in [0.717, 1.165) is 0 Å². The van der Waals surface area contributed by atoms with Crippen LogP contribution in [0.4, 0.5) is 17.6 Å². The van der Waals surface area contributed by atoms with Gasteiger partial charge in [0.1, 0.15) is 0 Å². The monoisotopic (exact) mass is 212 g/mol. The number of hydrogen-bond acceptors (Lipinski definition) is 1. The Morgan fingerprint density at radius 2 is 1.71 bits per heavy atom. The Balaban J connectivity index is 2.09. The van der Waals surface area contributed by atoms with Gasteiger partial charge in [0.05, 0.1) is 6.10 Å². The normalized spacial score (nSPS) is 42.4. The molecule has 0 spiro atoms. The van der Waals surface area contributed by atoms with Gasteiger partial charge in [0, 0.05) is 5.92 Å². The van der Waals surface area contributed by atoms with Crippen LogP contribution in [-0.2, 0) is 0 Å². The van der Waals surface area contributed by atoms with Crippen molar-refractivity contribution in [2.24, 2.45) is 17.8 Å². The molecule has 0 aliphatic heterocycles. The molecule has 0 aromatic carbocycles. The van der Waals surface area contributed by atoms with E-state index in [9.17, 15) is 22.7 Å². The third-order valence-corrected chi connectivity index (χ3v) is 3.60. The predicted octanol–water partition coefficient (Wildman–Crippen LogP) is 2.29. The van der Waals surface area contributed by atoms with Gasteiger partial charge in [-0.1, -0.05) is 0 Å². The van der Waals surface area contributed by atoms with Crippen molar-refractivity contribution in [3.05, 3.63) is 0 Å². The number of aliphatic hydroxyl groups excluding tert-OH is 1. The van der Waals surface area contributed by atoms with Crippen LogP contribution in [0.1, 0.15) is 19.3 Å². The Kier molecular flexibility index (Phi) is 2.25. The molecule has 0 aromatic heterocycles. The molecule has 2 aliphatic carbocycles. The second kappa shape index (κ2) is 3.08. The first kappa shape index (κ1) is 10.2. The Bertz CT molecular complexity index is 229. The molecule has 4 atom stereocenters. The fraction of sp³-hybridized carbons (Fsp3) is 1.00. The summed E-state index contributed by atoms with van der Waals surface area (Å²) in [6.45, 7) is 0. The quantitative estimate of drug-likeness (QED) is 0.696. The van der Waals surface area contributed by atoms with Crippen molar-refractivity contribution in [3.63, 3.8) is 0 Å². The van der Waals surface area contributed by atoms with Crippen LogP contribution in [-0.4, -0.2) is 23.6 Å². The second-order valence-electron chi connectivity index (χ2n) is 4.38. The highest BCUT2D eigenvalue weighted by Gasteiger charge is 2.58. The Morgan fingerprint density at radius 1 is 1.07 bits per heavy atom. The van der Waals surface area contributed by atoms with Crippen molar-refractivity contribution in [1.29, 1.82) is 0 Å². The summed E-state index contributed by atoms with van der Waals surface area (Å²) in [6, 6.07) is 0. The molecule has 14 heavy (non-hydrogen) atoms. The first-order chi connectivity index (χ1) is 6.43. The summed E-state index contributed by atoms with van der Waals surface area (Å²) >= 11 is 0. The van der Waals surface area contributed by atoms with Gasteiger partial charge in [0.25, 0.3) is 0 Å². The summed E-state index contributed by atoms with van der Waals surface area (Å²) < 4.78 is 50.2. The highest BCUT2D eigenvalue weighted by atomic mass is 19.3. The minimum Gasteiger partial charge on any atom is -0.393 e. The average Bonchev–Trinajstić information content (AvgIpc) is 2.61. The van der Waals surface area contributed by atoms with E-state index < -0.39 is 30.3 Å². The minimum atomic E-state index is -3.88. The van der Waals surface area contributed by atoms with E-state index in [1.807, 2.05) is 0 Å². The van der Waals surface area contributed by atoms with Crippen molar-refractivity contribution in [3.8, 4) is 0 Å². The van der Waals surface area contributed by atoms with E-state index >= 15 is 0 Å². The van der Waals surface area contributed by atoms with E-state index in [-0.39, 0.29) is 18.8 Å². The van der Waals surface area contributed by atoms with Crippen molar-refractivity contribution < 1.29 is 22.7 Å². The lowest BCUT2D eigenvalue weighted by atomic mass is 9.83. The first-order valence-corrected chi connectivity index (χ1v) is 4.77. The van der Waals surface area contributed by atoms with Crippen LogP contribution in [0.15, 0.2) is 0 Å². The molecule has 2 fully saturated rings. The number of hydrogen-bond donors (Lipinski definition) is 1. The number of alkyl halides is 4. The molecule has 0 aromatic rings. The lowest BCUT2D eigenvalue weighted by Gasteiger charge is -2.31. The molecule has 2 rings (SSSR count). The summed E-state index contributed by atoms with van der Waals surface area (Å²) in [7, 11) is 0. The molecule has 0 radical (unpaired) electrons. The van der Waals surface area contributed by atoms with Crippen LogP contribution in [0, 0.1) is 17.8 Å². The second-order valence-corrected chi connectivity index (χ2v) is 4.38. The zero-order chi connectivity index (χ0) is 10.5. The van der Waals surface area contributed by atoms with Crippen molar-refractivity contribution in [2.75, 3.05) is 0 Å². The lowest BCUT2D eigenvalue weighted by Crippen LogP contribution is -2.40. The molecule has 2 bridgehead atoms. The third kappa shape index (κ3) is 1.33.